The molecular weight excluding hydrogens is 679 g/mol. The molecule has 12 rings (SSSR count). The average molecular weight is 714 g/mol. The van der Waals surface area contributed by atoms with E-state index < -0.39 is 0 Å². The molecule has 0 amide bonds. The first-order valence-electron chi connectivity index (χ1n) is 19.4. The van der Waals surface area contributed by atoms with Crippen molar-refractivity contribution in [1.82, 2.24) is 14.5 Å². The molecule has 0 bridgehead atoms. The number of nitrogens with zero attached hydrogens (tertiary/aromatic N) is 3. The van der Waals surface area contributed by atoms with E-state index in [1.54, 1.807) is 0 Å². The maximum atomic E-state index is 5.54. The monoisotopic (exact) mass is 713 g/mol. The average Bonchev–Trinajstić information content (AvgIpc) is 3.72. The van der Waals surface area contributed by atoms with E-state index in [0.717, 1.165) is 49.5 Å². The Kier molecular flexibility index (Phi) is 6.40. The molecular formula is C53H35N3. The fourth-order valence-electron chi connectivity index (χ4n) is 9.72. The van der Waals surface area contributed by atoms with Gasteiger partial charge in [0.15, 0.2) is 0 Å². The Morgan fingerprint density at radius 1 is 0.446 bits per heavy atom. The Hall–Kier alpha value is -7.10. The first-order chi connectivity index (χ1) is 27.5. The quantitative estimate of drug-likeness (QED) is 0.171. The van der Waals surface area contributed by atoms with E-state index in [2.05, 4.69) is 194 Å². The van der Waals surface area contributed by atoms with E-state index in [-0.39, 0.29) is 5.41 Å². The number of rotatable bonds is 3. The molecule has 0 saturated carbocycles. The van der Waals surface area contributed by atoms with Crippen molar-refractivity contribution >= 4 is 65.0 Å². The van der Waals surface area contributed by atoms with Gasteiger partial charge in [0.2, 0.25) is 5.95 Å². The number of aromatic nitrogens is 3. The lowest BCUT2D eigenvalue weighted by molar-refractivity contribution is 0.661. The molecule has 0 spiro atoms. The Labute approximate surface area is 324 Å². The topological polar surface area (TPSA) is 30.7 Å². The lowest BCUT2D eigenvalue weighted by atomic mass is 9.81. The highest BCUT2D eigenvalue weighted by atomic mass is 15.2. The third kappa shape index (κ3) is 4.28. The SMILES string of the molecule is CC1(C)c2cc(-c3cccc4c5c6ccccc6ccc5n(-c5nc(-c6ccccc6)c6ccc7ccccc7c6n5)c34)ccc2-c2c1ccc1ccccc21. The van der Waals surface area contributed by atoms with E-state index >= 15 is 0 Å². The van der Waals surface area contributed by atoms with Crippen LogP contribution in [0.2, 0.25) is 0 Å². The van der Waals surface area contributed by atoms with Crippen LogP contribution in [0.15, 0.2) is 176 Å². The summed E-state index contributed by atoms with van der Waals surface area (Å²) in [6.07, 6.45) is 0. The van der Waals surface area contributed by atoms with Gasteiger partial charge in [0.25, 0.3) is 0 Å². The van der Waals surface area contributed by atoms with E-state index in [1.807, 2.05) is 0 Å². The minimum absolute atomic E-state index is 0.158. The third-order valence-electron chi connectivity index (χ3n) is 12.4. The smallest absolute Gasteiger partial charge is 0.235 e. The molecule has 0 radical (unpaired) electrons. The summed E-state index contributed by atoms with van der Waals surface area (Å²) in [5.74, 6) is 0.663. The maximum absolute atomic E-state index is 5.54. The van der Waals surface area contributed by atoms with Crippen molar-refractivity contribution < 1.29 is 0 Å². The molecule has 0 fully saturated rings. The van der Waals surface area contributed by atoms with Crippen molar-refractivity contribution in [3.05, 3.63) is 187 Å². The largest absolute Gasteiger partial charge is 0.277 e. The molecule has 0 aliphatic heterocycles. The zero-order valence-corrected chi connectivity index (χ0v) is 31.1. The Morgan fingerprint density at radius 2 is 1.11 bits per heavy atom. The summed E-state index contributed by atoms with van der Waals surface area (Å²) in [6, 6.07) is 64.0. The molecule has 0 saturated heterocycles. The molecule has 0 unspecified atom stereocenters. The summed E-state index contributed by atoms with van der Waals surface area (Å²) in [5, 5.41) is 10.7. The molecule has 2 aromatic heterocycles. The Balaban J connectivity index is 1.20. The Bertz CT molecular complexity index is 3440. The van der Waals surface area contributed by atoms with Crippen molar-refractivity contribution in [3.8, 4) is 39.5 Å². The number of hydrogen-bond acceptors (Lipinski definition) is 2. The molecule has 0 N–H and O–H groups in total. The van der Waals surface area contributed by atoms with Crippen LogP contribution in [-0.4, -0.2) is 14.5 Å². The van der Waals surface area contributed by atoms with Gasteiger partial charge in [-0.15, -0.1) is 0 Å². The standard InChI is InChI=1S/C53H35N3/c1-53(2)44-29-25-32-13-6-9-18-37(32)47(44)41-27-24-36(31-45(41)53)40-21-12-22-42-48-38-19-10-7-14-33(38)26-30-46(48)56(51(40)42)52-54-49(35-16-4-3-5-17-35)43-28-23-34-15-8-11-20-39(34)50(43)55-52/h3-31H,1-2H3. The van der Waals surface area contributed by atoms with E-state index in [1.165, 1.54) is 60.1 Å². The van der Waals surface area contributed by atoms with Gasteiger partial charge in [-0.1, -0.05) is 172 Å². The molecule has 1 aliphatic carbocycles. The highest BCUT2D eigenvalue weighted by Crippen LogP contribution is 2.53. The van der Waals surface area contributed by atoms with Gasteiger partial charge in [0, 0.05) is 38.1 Å². The molecule has 9 aromatic carbocycles. The maximum Gasteiger partial charge on any atom is 0.235 e. The molecule has 1 aliphatic rings. The minimum Gasteiger partial charge on any atom is -0.277 e. The molecule has 2 heterocycles. The van der Waals surface area contributed by atoms with E-state index in [0.29, 0.717) is 5.95 Å². The first-order valence-corrected chi connectivity index (χ1v) is 19.4. The normalized spacial score (nSPS) is 13.3. The molecule has 0 atom stereocenters. The highest BCUT2D eigenvalue weighted by molar-refractivity contribution is 6.23. The summed E-state index contributed by atoms with van der Waals surface area (Å²) in [6.45, 7) is 4.75. The predicted octanol–water partition coefficient (Wildman–Crippen LogP) is 13.8. The molecule has 56 heavy (non-hydrogen) atoms. The minimum atomic E-state index is -0.158. The summed E-state index contributed by atoms with van der Waals surface area (Å²) in [5.41, 5.74) is 12.7. The van der Waals surface area contributed by atoms with Crippen LogP contribution in [0.5, 0.6) is 0 Å². The van der Waals surface area contributed by atoms with Crippen molar-refractivity contribution in [3.63, 3.8) is 0 Å². The predicted molar refractivity (Wildman–Crippen MR) is 235 cm³/mol. The number of benzene rings is 9. The zero-order chi connectivity index (χ0) is 37.1. The molecule has 3 nitrogen and oxygen atoms in total. The fourth-order valence-corrected chi connectivity index (χ4v) is 9.72. The van der Waals surface area contributed by atoms with Crippen molar-refractivity contribution in [1.29, 1.82) is 0 Å². The lowest BCUT2D eigenvalue weighted by Gasteiger charge is -2.22. The van der Waals surface area contributed by atoms with Crippen LogP contribution in [-0.2, 0) is 5.41 Å². The van der Waals surface area contributed by atoms with Crippen LogP contribution in [0, 0.1) is 0 Å². The molecule has 262 valence electrons. The zero-order valence-electron chi connectivity index (χ0n) is 31.1. The second-order valence-electron chi connectivity index (χ2n) is 15.7. The van der Waals surface area contributed by atoms with Crippen LogP contribution >= 0.6 is 0 Å². The van der Waals surface area contributed by atoms with Crippen LogP contribution < -0.4 is 0 Å². The number of para-hydroxylation sites is 1. The molecule has 3 heteroatoms. The van der Waals surface area contributed by atoms with Gasteiger partial charge in [0.1, 0.15) is 0 Å². The third-order valence-corrected chi connectivity index (χ3v) is 12.4. The fraction of sp³-hybridized carbons (Fsp3) is 0.0566. The van der Waals surface area contributed by atoms with Crippen LogP contribution in [0.25, 0.3) is 104 Å². The number of fused-ring (bicyclic) bond motifs is 13. The van der Waals surface area contributed by atoms with Crippen molar-refractivity contribution in [2.24, 2.45) is 0 Å². The Morgan fingerprint density at radius 3 is 1.93 bits per heavy atom. The van der Waals surface area contributed by atoms with Crippen molar-refractivity contribution in [2.75, 3.05) is 0 Å². The van der Waals surface area contributed by atoms with Gasteiger partial charge in [-0.2, -0.15) is 0 Å². The second kappa shape index (κ2) is 11.5. The summed E-state index contributed by atoms with van der Waals surface area (Å²) < 4.78 is 2.33. The number of hydrogen-bond donors (Lipinski definition) is 0. The summed E-state index contributed by atoms with van der Waals surface area (Å²) in [4.78, 5) is 11.1. The van der Waals surface area contributed by atoms with Gasteiger partial charge in [-0.25, -0.2) is 9.97 Å². The van der Waals surface area contributed by atoms with Gasteiger partial charge in [-0.3, -0.25) is 4.57 Å². The van der Waals surface area contributed by atoms with Crippen molar-refractivity contribution in [2.45, 2.75) is 19.3 Å². The van der Waals surface area contributed by atoms with Crippen LogP contribution in [0.1, 0.15) is 25.0 Å². The summed E-state index contributed by atoms with van der Waals surface area (Å²) >= 11 is 0. The van der Waals surface area contributed by atoms with Gasteiger partial charge < -0.3 is 0 Å². The van der Waals surface area contributed by atoms with Gasteiger partial charge in [0.05, 0.1) is 22.2 Å². The lowest BCUT2D eigenvalue weighted by Crippen LogP contribution is -2.15. The van der Waals surface area contributed by atoms with Crippen LogP contribution in [0.3, 0.4) is 0 Å². The van der Waals surface area contributed by atoms with Crippen LogP contribution in [0.4, 0.5) is 0 Å². The van der Waals surface area contributed by atoms with E-state index in [4.69, 9.17) is 9.97 Å². The van der Waals surface area contributed by atoms with Gasteiger partial charge >= 0.3 is 0 Å². The summed E-state index contributed by atoms with van der Waals surface area (Å²) in [7, 11) is 0. The first kappa shape index (κ1) is 31.3. The van der Waals surface area contributed by atoms with E-state index in [9.17, 15) is 0 Å². The highest BCUT2D eigenvalue weighted by Gasteiger charge is 2.37. The molecule has 11 aromatic rings. The second-order valence-corrected chi connectivity index (χ2v) is 15.7. The van der Waals surface area contributed by atoms with Gasteiger partial charge in [-0.05, 0) is 72.9 Å².